The Morgan fingerprint density at radius 2 is 2.06 bits per heavy atom. The molecule has 3 aromatic heterocycles. The molecule has 0 saturated carbocycles. The van der Waals surface area contributed by atoms with Crippen LogP contribution in [0.25, 0.3) is 0 Å². The van der Waals surface area contributed by atoms with E-state index in [1.165, 1.54) is 0 Å². The number of hydrogen-bond donors (Lipinski definition) is 4. The van der Waals surface area contributed by atoms with Crippen molar-refractivity contribution in [2.24, 2.45) is 0 Å². The van der Waals surface area contributed by atoms with Gasteiger partial charge in [0.25, 0.3) is 5.91 Å². The molecule has 4 N–H and O–H groups in total. The van der Waals surface area contributed by atoms with Gasteiger partial charge in [0.15, 0.2) is 29.8 Å². The zero-order valence-electron chi connectivity index (χ0n) is 16.7. The summed E-state index contributed by atoms with van der Waals surface area (Å²) in [5.74, 6) is 0.804. The molecule has 0 aromatic carbocycles. The molecule has 1 amide bonds. The molecule has 2 aliphatic heterocycles. The number of nitrogens with zero attached hydrogens (tertiary/aromatic N) is 5. The minimum atomic E-state index is -0.670. The van der Waals surface area contributed by atoms with Crippen LogP contribution in [0.1, 0.15) is 6.42 Å². The molecular weight excluding hydrogens is 419 g/mol. The van der Waals surface area contributed by atoms with E-state index >= 15 is 0 Å². The molecule has 0 aliphatic carbocycles. The van der Waals surface area contributed by atoms with Gasteiger partial charge in [-0.3, -0.25) is 4.79 Å². The highest BCUT2D eigenvalue weighted by atomic mass is 19.1. The second-order valence-electron chi connectivity index (χ2n) is 7.31. The predicted molar refractivity (Wildman–Crippen MR) is 114 cm³/mol. The Morgan fingerprint density at radius 1 is 1.16 bits per heavy atom. The molecule has 164 valence electrons. The Kier molecular flexibility index (Phi) is 5.11. The van der Waals surface area contributed by atoms with Crippen LogP contribution < -0.4 is 25.6 Å². The minimum absolute atomic E-state index is 0.0765. The molecule has 1 unspecified atom stereocenters. The Labute approximate surface area is 181 Å². The summed E-state index contributed by atoms with van der Waals surface area (Å²) in [6.45, 7) is 1.23. The molecule has 2 aliphatic rings. The third-order valence-corrected chi connectivity index (χ3v) is 4.96. The summed E-state index contributed by atoms with van der Waals surface area (Å²) in [5.41, 5.74) is 0.623. The van der Waals surface area contributed by atoms with Gasteiger partial charge in [0, 0.05) is 13.1 Å². The van der Waals surface area contributed by atoms with Gasteiger partial charge in [-0.05, 0) is 30.7 Å². The van der Waals surface area contributed by atoms with Crippen molar-refractivity contribution in [3.8, 4) is 5.75 Å². The first-order chi connectivity index (χ1) is 15.5. The van der Waals surface area contributed by atoms with Gasteiger partial charge in [0.05, 0.1) is 24.2 Å². The first kappa shape index (κ1) is 19.9. The predicted octanol–water partition coefficient (Wildman–Crippen LogP) is 1.79. The number of anilines is 6. The minimum Gasteiger partial charge on any atom is -0.480 e. The molecule has 3 aromatic rings. The molecule has 5 heterocycles. The fourth-order valence-electron chi connectivity index (χ4n) is 3.40. The molecule has 5 rings (SSSR count). The van der Waals surface area contributed by atoms with Crippen molar-refractivity contribution in [1.29, 1.82) is 0 Å². The van der Waals surface area contributed by atoms with Crippen molar-refractivity contribution < 1.29 is 19.0 Å². The lowest BCUT2D eigenvalue weighted by atomic mass is 10.3. The van der Waals surface area contributed by atoms with Crippen molar-refractivity contribution in [3.63, 3.8) is 0 Å². The number of aliphatic hydroxyl groups is 1. The van der Waals surface area contributed by atoms with Crippen molar-refractivity contribution in [2.75, 3.05) is 40.5 Å². The van der Waals surface area contributed by atoms with Gasteiger partial charge in [0.2, 0.25) is 5.95 Å². The van der Waals surface area contributed by atoms with Crippen LogP contribution in [0.4, 0.5) is 39.3 Å². The van der Waals surface area contributed by atoms with E-state index in [0.29, 0.717) is 18.0 Å². The van der Waals surface area contributed by atoms with Crippen LogP contribution in [-0.4, -0.2) is 56.7 Å². The fraction of sp³-hybridized carbons (Fsp3) is 0.250. The lowest BCUT2D eigenvalue weighted by molar-refractivity contribution is -0.118. The highest BCUT2D eigenvalue weighted by Crippen LogP contribution is 2.28. The van der Waals surface area contributed by atoms with Crippen LogP contribution in [0, 0.1) is 5.82 Å². The number of fused-ring (bicyclic) bond motifs is 1. The molecule has 11 nitrogen and oxygen atoms in total. The molecule has 1 atom stereocenters. The molecule has 0 radical (unpaired) electrons. The molecular formula is C20H19FN8O3. The third-order valence-electron chi connectivity index (χ3n) is 4.96. The number of aromatic nitrogens is 4. The van der Waals surface area contributed by atoms with Gasteiger partial charge in [0.1, 0.15) is 11.6 Å². The lowest BCUT2D eigenvalue weighted by Crippen LogP contribution is -2.26. The van der Waals surface area contributed by atoms with Crippen LogP contribution in [0.15, 0.2) is 36.7 Å². The standard InChI is InChI=1S/C20H19FN8O3/c21-13-8-23-20(24-11-1-4-16(22-7-11)29-6-5-12(30)9-29)28-18(13)25-15-3-2-14-19(26-15)27-17(31)10-32-14/h1-4,7-8,12,30H,5-6,9-10H2,(H3,23,24,25,26,27,28,31). The largest absolute Gasteiger partial charge is 0.480 e. The van der Waals surface area contributed by atoms with Crippen LogP contribution >= 0.6 is 0 Å². The fourth-order valence-corrected chi connectivity index (χ4v) is 3.40. The van der Waals surface area contributed by atoms with Gasteiger partial charge in [-0.15, -0.1) is 0 Å². The number of hydrogen-bond acceptors (Lipinski definition) is 10. The van der Waals surface area contributed by atoms with E-state index < -0.39 is 5.82 Å². The van der Waals surface area contributed by atoms with E-state index in [1.807, 2.05) is 11.0 Å². The normalized spacial score (nSPS) is 17.4. The van der Waals surface area contributed by atoms with Gasteiger partial charge in [-0.2, -0.15) is 4.98 Å². The lowest BCUT2D eigenvalue weighted by Gasteiger charge is -2.17. The number of carbonyl (C=O) groups excluding carboxylic acids is 1. The van der Waals surface area contributed by atoms with Crippen molar-refractivity contribution in [1.82, 2.24) is 19.9 Å². The van der Waals surface area contributed by atoms with Gasteiger partial charge in [-0.25, -0.2) is 19.3 Å². The monoisotopic (exact) mass is 438 g/mol. The van der Waals surface area contributed by atoms with E-state index in [9.17, 15) is 14.3 Å². The number of halogens is 1. The topological polar surface area (TPSA) is 137 Å². The van der Waals surface area contributed by atoms with Crippen LogP contribution in [-0.2, 0) is 4.79 Å². The molecule has 0 bridgehead atoms. The zero-order valence-corrected chi connectivity index (χ0v) is 16.7. The maximum Gasteiger partial charge on any atom is 0.263 e. The number of carbonyl (C=O) groups is 1. The average Bonchev–Trinajstić information content (AvgIpc) is 3.22. The maximum atomic E-state index is 14.3. The summed E-state index contributed by atoms with van der Waals surface area (Å²) in [6, 6.07) is 6.84. The summed E-state index contributed by atoms with van der Waals surface area (Å²) in [7, 11) is 0. The molecule has 1 fully saturated rings. The second kappa shape index (κ2) is 8.23. The number of rotatable bonds is 5. The Balaban J connectivity index is 1.30. The highest BCUT2D eigenvalue weighted by Gasteiger charge is 2.21. The summed E-state index contributed by atoms with van der Waals surface area (Å²) in [4.78, 5) is 30.2. The summed E-state index contributed by atoms with van der Waals surface area (Å²) in [6.07, 6.45) is 3.04. The van der Waals surface area contributed by atoms with E-state index in [-0.39, 0.29) is 42.0 Å². The first-order valence-electron chi connectivity index (χ1n) is 9.93. The van der Waals surface area contributed by atoms with Crippen molar-refractivity contribution in [3.05, 3.63) is 42.5 Å². The molecule has 0 spiro atoms. The van der Waals surface area contributed by atoms with Crippen LogP contribution in [0.2, 0.25) is 0 Å². The Hall–Kier alpha value is -4.06. The van der Waals surface area contributed by atoms with E-state index in [2.05, 4.69) is 35.9 Å². The van der Waals surface area contributed by atoms with Crippen molar-refractivity contribution >= 4 is 40.8 Å². The van der Waals surface area contributed by atoms with Gasteiger partial charge >= 0.3 is 0 Å². The molecule has 12 heteroatoms. The Morgan fingerprint density at radius 3 is 2.84 bits per heavy atom. The van der Waals surface area contributed by atoms with E-state index in [4.69, 9.17) is 4.74 Å². The highest BCUT2D eigenvalue weighted by molar-refractivity contribution is 5.94. The van der Waals surface area contributed by atoms with E-state index in [1.54, 1.807) is 24.4 Å². The Bertz CT molecular complexity index is 1160. The van der Waals surface area contributed by atoms with Crippen LogP contribution in [0.3, 0.4) is 0 Å². The van der Waals surface area contributed by atoms with E-state index in [0.717, 1.165) is 25.0 Å². The molecule has 32 heavy (non-hydrogen) atoms. The molecule has 1 saturated heterocycles. The number of amides is 1. The van der Waals surface area contributed by atoms with Gasteiger partial charge < -0.3 is 30.7 Å². The summed E-state index contributed by atoms with van der Waals surface area (Å²) >= 11 is 0. The zero-order chi connectivity index (χ0) is 22.1. The second-order valence-corrected chi connectivity index (χ2v) is 7.31. The summed E-state index contributed by atoms with van der Waals surface area (Å²) in [5, 5.41) is 18.0. The van der Waals surface area contributed by atoms with Crippen molar-refractivity contribution in [2.45, 2.75) is 12.5 Å². The maximum absolute atomic E-state index is 14.3. The van der Waals surface area contributed by atoms with Gasteiger partial charge in [-0.1, -0.05) is 0 Å². The number of aliphatic hydroxyl groups excluding tert-OH is 1. The smallest absolute Gasteiger partial charge is 0.263 e. The average molecular weight is 438 g/mol. The number of ether oxygens (including phenoxy) is 1. The van der Waals surface area contributed by atoms with Crippen LogP contribution in [0.5, 0.6) is 5.75 Å². The first-order valence-corrected chi connectivity index (χ1v) is 9.93. The number of β-amino-alcohol motifs (C(OH)–C–C–N with tert-alkyl or cyclic N) is 1. The quantitative estimate of drug-likeness (QED) is 0.466. The SMILES string of the molecule is O=C1COc2ccc(Nc3nc(Nc4ccc(N5CCC(O)C5)nc4)ncc3F)nc2N1. The number of nitrogens with one attached hydrogen (secondary N) is 3. The number of pyridine rings is 2. The summed E-state index contributed by atoms with van der Waals surface area (Å²) < 4.78 is 19.5. The third kappa shape index (κ3) is 4.21.